The first-order valence-electron chi connectivity index (χ1n) is 9.95. The van der Waals surface area contributed by atoms with Gasteiger partial charge in [-0.2, -0.15) is 10.2 Å². The lowest BCUT2D eigenvalue weighted by Gasteiger charge is -2.45. The Morgan fingerprint density at radius 1 is 1.14 bits per heavy atom. The number of benzene rings is 1. The Morgan fingerprint density at radius 3 is 2.57 bits per heavy atom. The summed E-state index contributed by atoms with van der Waals surface area (Å²) in [6.07, 6.45) is 3.41. The zero-order valence-electron chi connectivity index (χ0n) is 16.1. The van der Waals surface area contributed by atoms with Crippen LogP contribution in [0.15, 0.2) is 24.3 Å². The molecule has 2 unspecified atom stereocenters. The van der Waals surface area contributed by atoms with E-state index in [9.17, 15) is 13.6 Å². The van der Waals surface area contributed by atoms with E-state index in [0.717, 1.165) is 30.5 Å². The van der Waals surface area contributed by atoms with E-state index in [1.54, 1.807) is 0 Å². The molecule has 2 aliphatic carbocycles. The van der Waals surface area contributed by atoms with Crippen molar-refractivity contribution in [1.82, 2.24) is 15.5 Å². The van der Waals surface area contributed by atoms with Gasteiger partial charge >= 0.3 is 0 Å². The third-order valence-corrected chi connectivity index (χ3v) is 7.65. The van der Waals surface area contributed by atoms with Gasteiger partial charge in [-0.15, -0.1) is 0 Å². The van der Waals surface area contributed by atoms with Crippen LogP contribution in [0.1, 0.15) is 56.7 Å². The zero-order chi connectivity index (χ0) is 19.7. The highest BCUT2D eigenvalue weighted by Gasteiger charge is 2.66. The predicted molar refractivity (Wildman–Crippen MR) is 101 cm³/mol. The number of rotatable bonds is 2. The van der Waals surface area contributed by atoms with Crippen molar-refractivity contribution in [3.63, 3.8) is 0 Å². The van der Waals surface area contributed by atoms with E-state index in [4.69, 9.17) is 0 Å². The molecule has 28 heavy (non-hydrogen) atoms. The van der Waals surface area contributed by atoms with Crippen LogP contribution >= 0.6 is 0 Å². The van der Waals surface area contributed by atoms with E-state index >= 15 is 0 Å². The lowest BCUT2D eigenvalue weighted by atomic mass is 9.59. The summed E-state index contributed by atoms with van der Waals surface area (Å²) < 4.78 is 28.6. The minimum absolute atomic E-state index is 0.0385. The quantitative estimate of drug-likeness (QED) is 0.849. The van der Waals surface area contributed by atoms with Crippen LogP contribution in [0.5, 0.6) is 0 Å². The molecule has 146 valence electrons. The summed E-state index contributed by atoms with van der Waals surface area (Å²) in [4.78, 5) is 11.7. The molecule has 0 spiro atoms. The Bertz CT molecular complexity index is 959. The number of hydrogen-bond donors (Lipinski definition) is 1. The van der Waals surface area contributed by atoms with Crippen molar-refractivity contribution in [2.45, 2.75) is 50.9 Å². The highest BCUT2D eigenvalue weighted by molar-refractivity contribution is 5.76. The molecule has 1 saturated heterocycles. The fourth-order valence-corrected chi connectivity index (χ4v) is 6.29. The molecule has 1 saturated carbocycles. The van der Waals surface area contributed by atoms with E-state index in [0.29, 0.717) is 18.9 Å². The second-order valence-corrected chi connectivity index (χ2v) is 8.95. The molecule has 1 N–H and O–H groups in total. The molecular weight excluding hydrogens is 360 g/mol. The van der Waals surface area contributed by atoms with Crippen LogP contribution in [0.3, 0.4) is 0 Å². The van der Waals surface area contributed by atoms with E-state index in [2.05, 4.69) is 29.4 Å². The van der Waals surface area contributed by atoms with E-state index in [1.807, 2.05) is 6.07 Å². The number of piperidine rings is 1. The topological polar surface area (TPSA) is 54.9 Å². The number of nitrogens with zero attached hydrogens (tertiary/aromatic N) is 2. The number of carbonyl (C=O) groups is 1. The summed E-state index contributed by atoms with van der Waals surface area (Å²) in [6, 6.07) is 5.69. The lowest BCUT2D eigenvalue weighted by molar-refractivity contribution is -0.123. The van der Waals surface area contributed by atoms with Gasteiger partial charge in [0.2, 0.25) is 5.91 Å². The van der Waals surface area contributed by atoms with Gasteiger partial charge in [-0.1, -0.05) is 19.9 Å². The van der Waals surface area contributed by atoms with Crippen molar-refractivity contribution >= 4 is 5.91 Å². The third-order valence-electron chi connectivity index (χ3n) is 7.65. The second kappa shape index (κ2) is 5.82. The van der Waals surface area contributed by atoms with Gasteiger partial charge in [0.05, 0.1) is 17.0 Å². The molecule has 3 aliphatic rings. The molecule has 1 aromatic carbocycles. The SMILES string of the molecule is CC1(C)[C@H]2CCC1(C1CCC(=O)NC1)c1nnc(-c3c(F)cccc3F)cc12. The number of aromatic nitrogens is 2. The predicted octanol–water partition coefficient (Wildman–Crippen LogP) is 4.10. The van der Waals surface area contributed by atoms with Gasteiger partial charge in [-0.3, -0.25) is 4.79 Å². The Hall–Kier alpha value is -2.37. The monoisotopic (exact) mass is 383 g/mol. The molecule has 2 aromatic rings. The average molecular weight is 383 g/mol. The fraction of sp³-hybridized carbons (Fsp3) is 0.500. The van der Waals surface area contributed by atoms with Gasteiger partial charge in [0.25, 0.3) is 0 Å². The molecule has 1 aliphatic heterocycles. The van der Waals surface area contributed by atoms with E-state index in [-0.39, 0.29) is 33.9 Å². The van der Waals surface area contributed by atoms with Crippen molar-refractivity contribution in [3.05, 3.63) is 47.2 Å². The van der Waals surface area contributed by atoms with Crippen LogP contribution < -0.4 is 5.32 Å². The Balaban J connectivity index is 1.64. The van der Waals surface area contributed by atoms with Crippen LogP contribution in [0, 0.1) is 23.0 Å². The summed E-state index contributed by atoms with van der Waals surface area (Å²) in [5, 5.41) is 11.9. The van der Waals surface area contributed by atoms with Crippen LogP contribution in [0.4, 0.5) is 8.78 Å². The van der Waals surface area contributed by atoms with Crippen LogP contribution in [-0.2, 0) is 10.2 Å². The summed E-state index contributed by atoms with van der Waals surface area (Å²) in [6.45, 7) is 5.19. The molecule has 2 fully saturated rings. The number of hydrogen-bond acceptors (Lipinski definition) is 3. The number of halogens is 2. The highest BCUT2D eigenvalue weighted by atomic mass is 19.1. The number of nitrogens with one attached hydrogen (secondary N) is 1. The van der Waals surface area contributed by atoms with E-state index < -0.39 is 11.6 Å². The molecule has 3 atom stereocenters. The molecule has 5 rings (SSSR count). The fourth-order valence-electron chi connectivity index (χ4n) is 6.29. The average Bonchev–Trinajstić information content (AvgIpc) is 3.04. The largest absolute Gasteiger partial charge is 0.356 e. The molecule has 1 amide bonds. The third kappa shape index (κ3) is 2.12. The van der Waals surface area contributed by atoms with Gasteiger partial charge in [-0.05, 0) is 60.3 Å². The highest BCUT2D eigenvalue weighted by Crippen LogP contribution is 2.70. The summed E-state index contributed by atoms with van der Waals surface area (Å²) in [7, 11) is 0. The Labute approximate surface area is 162 Å². The van der Waals surface area contributed by atoms with Crippen LogP contribution in [0.2, 0.25) is 0 Å². The normalized spacial score (nSPS) is 30.2. The first kappa shape index (κ1) is 17.7. The summed E-state index contributed by atoms with van der Waals surface area (Å²) >= 11 is 0. The van der Waals surface area contributed by atoms with Gasteiger partial charge < -0.3 is 5.32 Å². The lowest BCUT2D eigenvalue weighted by Crippen LogP contribution is -2.50. The smallest absolute Gasteiger partial charge is 0.220 e. The first-order valence-corrected chi connectivity index (χ1v) is 9.95. The molecule has 2 heterocycles. The first-order chi connectivity index (χ1) is 13.4. The Morgan fingerprint density at radius 2 is 1.89 bits per heavy atom. The summed E-state index contributed by atoms with van der Waals surface area (Å²) in [5.74, 6) is -0.557. The molecule has 1 aromatic heterocycles. The van der Waals surface area contributed by atoms with Gasteiger partial charge in [-0.25, -0.2) is 8.78 Å². The maximum absolute atomic E-state index is 14.3. The van der Waals surface area contributed by atoms with Gasteiger partial charge in [0.15, 0.2) is 0 Å². The van der Waals surface area contributed by atoms with Crippen LogP contribution in [0.25, 0.3) is 11.3 Å². The van der Waals surface area contributed by atoms with Crippen molar-refractivity contribution in [1.29, 1.82) is 0 Å². The van der Waals surface area contributed by atoms with Crippen LogP contribution in [-0.4, -0.2) is 22.6 Å². The van der Waals surface area contributed by atoms with Crippen molar-refractivity contribution in [2.24, 2.45) is 11.3 Å². The molecule has 2 bridgehead atoms. The molecule has 0 radical (unpaired) electrons. The second-order valence-electron chi connectivity index (χ2n) is 8.95. The standard InChI is InChI=1S/C22H23F2N3O/c1-21(2)14-8-9-22(21,12-6-7-18(28)25-11-12)20-13(14)10-17(26-27-20)19-15(23)4-3-5-16(19)24/h3-5,10,12,14H,6-9,11H2,1-2H3,(H,25,28)/t12?,14-,22?/m0/s1. The van der Waals surface area contributed by atoms with E-state index in [1.165, 1.54) is 18.2 Å². The minimum Gasteiger partial charge on any atom is -0.356 e. The van der Waals surface area contributed by atoms with Gasteiger partial charge in [0.1, 0.15) is 11.6 Å². The zero-order valence-corrected chi connectivity index (χ0v) is 16.1. The number of fused-ring (bicyclic) bond motifs is 5. The molecule has 4 nitrogen and oxygen atoms in total. The number of amides is 1. The molecule has 6 heteroatoms. The minimum atomic E-state index is -0.624. The maximum atomic E-state index is 14.3. The summed E-state index contributed by atoms with van der Waals surface area (Å²) in [5.41, 5.74) is 1.99. The van der Waals surface area contributed by atoms with Crippen molar-refractivity contribution in [3.8, 4) is 11.3 Å². The maximum Gasteiger partial charge on any atom is 0.220 e. The van der Waals surface area contributed by atoms with Crippen molar-refractivity contribution < 1.29 is 13.6 Å². The Kier molecular flexibility index (Phi) is 3.68. The number of carbonyl (C=O) groups excluding carboxylic acids is 1. The molecular formula is C22H23F2N3O. The van der Waals surface area contributed by atoms with Gasteiger partial charge in [0, 0.05) is 18.4 Å². The van der Waals surface area contributed by atoms with Crippen molar-refractivity contribution in [2.75, 3.05) is 6.54 Å².